The molecule has 2 rings (SSSR count). The van der Waals surface area contributed by atoms with E-state index < -0.39 is 24.3 Å². The van der Waals surface area contributed by atoms with Crippen molar-refractivity contribution >= 4 is 11.9 Å². The van der Waals surface area contributed by atoms with Crippen LogP contribution in [0.4, 0.5) is 0 Å². The first-order valence-corrected chi connectivity index (χ1v) is 15.0. The average Bonchev–Trinajstić information content (AvgIpc) is 2.81. The van der Waals surface area contributed by atoms with Crippen LogP contribution in [0.5, 0.6) is 5.75 Å². The van der Waals surface area contributed by atoms with Gasteiger partial charge in [0.25, 0.3) is 0 Å². The highest BCUT2D eigenvalue weighted by molar-refractivity contribution is 5.84. The number of ether oxygens (including phenoxy) is 1. The minimum atomic E-state index is -1.10. The molecule has 0 bridgehead atoms. The number of carboxylic acids is 2. The largest absolute Gasteiger partial charge is 0.487 e. The number of fused-ring (bicyclic) bond motifs is 1. The number of rotatable bonds is 16. The van der Waals surface area contributed by atoms with Gasteiger partial charge in [-0.3, -0.25) is 9.59 Å². The fraction of sp³-hybridized carbons (Fsp3) is 0.758. The first kappa shape index (κ1) is 32.2. The van der Waals surface area contributed by atoms with Crippen LogP contribution in [0, 0.1) is 38.5 Å². The van der Waals surface area contributed by atoms with E-state index in [4.69, 9.17) is 4.74 Å². The molecule has 0 fully saturated rings. The normalized spacial score (nSPS) is 19.5. The third-order valence-corrected chi connectivity index (χ3v) is 8.99. The topological polar surface area (TPSA) is 83.8 Å². The number of carboxylic acid groups (broad SMARTS) is 2. The molecule has 1 aromatic rings. The SMILES string of the molecule is Cc1c(C)c(C(CC(=O)O)C(=O)O)c(C)c2c1O[C@](C)(CCCC(C)CCCC(C)CCCC(C)C)CC2. The Balaban J connectivity index is 1.95. The average molecular weight is 531 g/mol. The quantitative estimate of drug-likeness (QED) is 0.223. The van der Waals surface area contributed by atoms with Crippen molar-refractivity contribution in [2.24, 2.45) is 17.8 Å². The van der Waals surface area contributed by atoms with E-state index in [1.807, 2.05) is 20.8 Å². The zero-order valence-corrected chi connectivity index (χ0v) is 25.4. The van der Waals surface area contributed by atoms with Gasteiger partial charge in [-0.05, 0) is 98.9 Å². The number of hydrogen-bond donors (Lipinski definition) is 2. The molecule has 0 aliphatic carbocycles. The summed E-state index contributed by atoms with van der Waals surface area (Å²) < 4.78 is 6.67. The fourth-order valence-corrected chi connectivity index (χ4v) is 6.33. The molecule has 1 aromatic carbocycles. The van der Waals surface area contributed by atoms with Crippen LogP contribution in [0.25, 0.3) is 0 Å². The third kappa shape index (κ3) is 9.02. The highest BCUT2D eigenvalue weighted by Crippen LogP contribution is 2.44. The van der Waals surface area contributed by atoms with Crippen molar-refractivity contribution in [1.82, 2.24) is 0 Å². The molecule has 1 aliphatic rings. The second kappa shape index (κ2) is 14.4. The fourth-order valence-electron chi connectivity index (χ4n) is 6.33. The first-order chi connectivity index (χ1) is 17.8. The van der Waals surface area contributed by atoms with Gasteiger partial charge in [0.15, 0.2) is 0 Å². The Bertz CT molecular complexity index is 949. The Hall–Kier alpha value is -2.04. The van der Waals surface area contributed by atoms with Gasteiger partial charge >= 0.3 is 11.9 Å². The second-order valence-corrected chi connectivity index (χ2v) is 13.0. The minimum absolute atomic E-state index is 0.226. The monoisotopic (exact) mass is 530 g/mol. The Morgan fingerprint density at radius 1 is 0.842 bits per heavy atom. The lowest BCUT2D eigenvalue weighted by atomic mass is 9.79. The zero-order chi connectivity index (χ0) is 28.6. The molecule has 1 heterocycles. The van der Waals surface area contributed by atoms with Crippen molar-refractivity contribution in [3.63, 3.8) is 0 Å². The van der Waals surface area contributed by atoms with Gasteiger partial charge in [-0.2, -0.15) is 0 Å². The molecule has 5 nitrogen and oxygen atoms in total. The summed E-state index contributed by atoms with van der Waals surface area (Å²) in [5.74, 6) is 0.0310. The maximum atomic E-state index is 12.0. The molecular formula is C33H54O5. The highest BCUT2D eigenvalue weighted by atomic mass is 16.5. The van der Waals surface area contributed by atoms with Crippen LogP contribution in [0.3, 0.4) is 0 Å². The molecule has 1 aliphatic heterocycles. The van der Waals surface area contributed by atoms with Crippen molar-refractivity contribution in [3.8, 4) is 5.75 Å². The standard InChI is InChI=1S/C33H54O5/c1-21(2)12-9-13-22(3)14-10-15-23(4)16-11-18-33(8)19-17-27-26(7)30(24(5)25(6)31(27)38-33)28(32(36)37)20-29(34)35/h21-23,28H,9-20H2,1-8H3,(H,34,35)(H,36,37)/t22?,23?,28?,33-/m1/s1. The number of hydrogen-bond acceptors (Lipinski definition) is 3. The van der Waals surface area contributed by atoms with Gasteiger partial charge in [0.2, 0.25) is 0 Å². The van der Waals surface area contributed by atoms with Crippen LogP contribution < -0.4 is 4.74 Å². The van der Waals surface area contributed by atoms with Gasteiger partial charge in [-0.1, -0.05) is 72.6 Å². The summed E-state index contributed by atoms with van der Waals surface area (Å²) in [5.41, 5.74) is 4.13. The Kier molecular flexibility index (Phi) is 12.2. The summed E-state index contributed by atoms with van der Waals surface area (Å²) in [5, 5.41) is 19.1. The Morgan fingerprint density at radius 2 is 1.39 bits per heavy atom. The smallest absolute Gasteiger partial charge is 0.311 e. The van der Waals surface area contributed by atoms with E-state index in [0.717, 1.165) is 71.4 Å². The van der Waals surface area contributed by atoms with Crippen LogP contribution in [0.15, 0.2) is 0 Å². The molecule has 2 N–H and O–H groups in total. The molecule has 4 atom stereocenters. The van der Waals surface area contributed by atoms with Gasteiger partial charge in [-0.25, -0.2) is 0 Å². The predicted molar refractivity (Wildman–Crippen MR) is 155 cm³/mol. The molecule has 38 heavy (non-hydrogen) atoms. The Labute approximate surface area is 231 Å². The number of aliphatic carboxylic acids is 2. The molecule has 0 aromatic heterocycles. The van der Waals surface area contributed by atoms with Gasteiger partial charge in [0.05, 0.1) is 12.3 Å². The molecule has 0 saturated heterocycles. The lowest BCUT2D eigenvalue weighted by molar-refractivity contribution is -0.145. The summed E-state index contributed by atoms with van der Waals surface area (Å²) in [7, 11) is 0. The minimum Gasteiger partial charge on any atom is -0.487 e. The van der Waals surface area contributed by atoms with E-state index in [-0.39, 0.29) is 5.60 Å². The molecule has 216 valence electrons. The van der Waals surface area contributed by atoms with E-state index in [2.05, 4.69) is 34.6 Å². The van der Waals surface area contributed by atoms with Crippen LogP contribution in [-0.4, -0.2) is 27.8 Å². The van der Waals surface area contributed by atoms with E-state index in [9.17, 15) is 19.8 Å². The molecule has 0 radical (unpaired) electrons. The molecule has 0 amide bonds. The van der Waals surface area contributed by atoms with Gasteiger partial charge in [-0.15, -0.1) is 0 Å². The lowest BCUT2D eigenvalue weighted by Gasteiger charge is -2.39. The summed E-state index contributed by atoms with van der Waals surface area (Å²) >= 11 is 0. The third-order valence-electron chi connectivity index (χ3n) is 8.99. The van der Waals surface area contributed by atoms with Crippen molar-refractivity contribution in [3.05, 3.63) is 27.8 Å². The molecule has 0 spiro atoms. The number of benzene rings is 1. The predicted octanol–water partition coefficient (Wildman–Crippen LogP) is 8.78. The van der Waals surface area contributed by atoms with Gasteiger partial charge in [0, 0.05) is 0 Å². The van der Waals surface area contributed by atoms with Crippen molar-refractivity contribution in [2.45, 2.75) is 144 Å². The Morgan fingerprint density at radius 3 is 1.92 bits per heavy atom. The van der Waals surface area contributed by atoms with Gasteiger partial charge < -0.3 is 14.9 Å². The first-order valence-electron chi connectivity index (χ1n) is 15.0. The molecule has 5 heteroatoms. The number of carbonyl (C=O) groups is 2. The molecule has 0 saturated carbocycles. The van der Waals surface area contributed by atoms with Crippen LogP contribution >= 0.6 is 0 Å². The summed E-state index contributed by atoms with van der Waals surface area (Å²) in [4.78, 5) is 23.3. The lowest BCUT2D eigenvalue weighted by Crippen LogP contribution is -2.37. The van der Waals surface area contributed by atoms with Gasteiger partial charge in [0.1, 0.15) is 11.4 Å². The highest BCUT2D eigenvalue weighted by Gasteiger charge is 2.36. The summed E-state index contributed by atoms with van der Waals surface area (Å²) in [6.45, 7) is 17.4. The van der Waals surface area contributed by atoms with Crippen LogP contribution in [0.1, 0.15) is 139 Å². The van der Waals surface area contributed by atoms with Crippen molar-refractivity contribution < 1.29 is 24.5 Å². The molecule has 3 unspecified atom stereocenters. The van der Waals surface area contributed by atoms with E-state index in [1.54, 1.807) is 0 Å². The summed E-state index contributed by atoms with van der Waals surface area (Å²) in [6, 6.07) is 0. The van der Waals surface area contributed by atoms with Crippen LogP contribution in [-0.2, 0) is 16.0 Å². The second-order valence-electron chi connectivity index (χ2n) is 13.0. The summed E-state index contributed by atoms with van der Waals surface area (Å²) in [6.07, 6.45) is 12.7. The van der Waals surface area contributed by atoms with E-state index in [1.165, 1.54) is 44.9 Å². The zero-order valence-electron chi connectivity index (χ0n) is 25.4. The van der Waals surface area contributed by atoms with E-state index >= 15 is 0 Å². The van der Waals surface area contributed by atoms with Crippen LogP contribution in [0.2, 0.25) is 0 Å². The molecular weight excluding hydrogens is 476 g/mol. The van der Waals surface area contributed by atoms with Crippen molar-refractivity contribution in [1.29, 1.82) is 0 Å². The maximum Gasteiger partial charge on any atom is 0.311 e. The van der Waals surface area contributed by atoms with E-state index in [0.29, 0.717) is 5.56 Å². The maximum absolute atomic E-state index is 12.0. The van der Waals surface area contributed by atoms with Crippen molar-refractivity contribution in [2.75, 3.05) is 0 Å².